The third-order valence-corrected chi connectivity index (χ3v) is 8.75. The molecule has 0 unspecified atom stereocenters. The summed E-state index contributed by atoms with van der Waals surface area (Å²) >= 11 is 7.02. The number of imide groups is 1. The Kier molecular flexibility index (Phi) is 5.69. The molecule has 5 atom stereocenters. The van der Waals surface area contributed by atoms with Gasteiger partial charge >= 0.3 is 0 Å². The Balaban J connectivity index is 1.69. The second-order valence-corrected chi connectivity index (χ2v) is 11.6. The third-order valence-electron chi connectivity index (χ3n) is 7.76. The number of benzene rings is 3. The lowest BCUT2D eigenvalue weighted by atomic mass is 9.96. The van der Waals surface area contributed by atoms with Crippen LogP contribution in [0.2, 0.25) is 0 Å². The van der Waals surface area contributed by atoms with Crippen LogP contribution in [-0.2, 0) is 9.47 Å². The maximum Gasteiger partial charge on any atom is 0.259 e. The average Bonchev–Trinajstić information content (AvgIpc) is 3.54. The van der Waals surface area contributed by atoms with Crippen LogP contribution >= 0.6 is 31.9 Å². The van der Waals surface area contributed by atoms with Gasteiger partial charge in [-0.15, -0.1) is 0 Å². The molecule has 2 aliphatic heterocycles. The van der Waals surface area contributed by atoms with Gasteiger partial charge in [-0.1, -0.05) is 31.9 Å². The number of aromatic nitrogens is 2. The number of ether oxygens (including phenoxy) is 2. The zero-order valence-corrected chi connectivity index (χ0v) is 23.4. The first-order valence-electron chi connectivity index (χ1n) is 12.2. The first-order chi connectivity index (χ1) is 18.7. The molecule has 1 saturated heterocycles. The molecule has 0 aliphatic carbocycles. The van der Waals surface area contributed by atoms with Crippen molar-refractivity contribution in [1.82, 2.24) is 14.9 Å². The number of amides is 2. The molecule has 0 bridgehead atoms. The molecular formula is C27H21Br2N3O7. The fraction of sp³-hybridized carbons (Fsp3) is 0.259. The van der Waals surface area contributed by atoms with Gasteiger partial charge in [-0.05, 0) is 36.4 Å². The highest BCUT2D eigenvalue weighted by Gasteiger charge is 2.47. The quantitative estimate of drug-likeness (QED) is 0.187. The minimum Gasteiger partial charge on any atom is -0.394 e. The maximum atomic E-state index is 13.3. The molecule has 0 saturated carbocycles. The number of methoxy groups -OCH3 is 1. The van der Waals surface area contributed by atoms with Gasteiger partial charge in [0, 0.05) is 43.1 Å². The van der Waals surface area contributed by atoms with Crippen molar-refractivity contribution >= 4 is 87.3 Å². The van der Waals surface area contributed by atoms with Crippen LogP contribution in [0.25, 0.3) is 43.6 Å². The van der Waals surface area contributed by atoms with Crippen molar-refractivity contribution in [2.75, 3.05) is 13.7 Å². The summed E-state index contributed by atoms with van der Waals surface area (Å²) in [5, 5.41) is 37.2. The number of nitrogens with one attached hydrogen (secondary N) is 2. The minimum absolute atomic E-state index is 0.226. The standard InChI is InChI=1S/C27H21Br2N3O7/c1-38-24-15(8-33)39-27(23(35)22(24)34)32-14-5-3-10(29)7-12(14)17-19-18(25(36)31-26(19)37)16-11-6-9(28)2-4-13(11)30-20(16)21(17)32/h2-7,15,22-24,27,30,33-35H,8H2,1H3,(H,31,36,37)/t15-,22-,23-,24-,27-/m1/s1. The molecule has 2 aromatic heterocycles. The molecule has 0 radical (unpaired) electrons. The molecule has 0 spiro atoms. The number of H-pyrrole nitrogens is 1. The Bertz CT molecular complexity index is 1880. The maximum absolute atomic E-state index is 13.3. The zero-order valence-electron chi connectivity index (χ0n) is 20.2. The van der Waals surface area contributed by atoms with Gasteiger partial charge in [-0.3, -0.25) is 14.9 Å². The first-order valence-corrected chi connectivity index (χ1v) is 13.7. The molecule has 12 heteroatoms. The number of hydrogen-bond donors (Lipinski definition) is 5. The highest BCUT2D eigenvalue weighted by Crippen LogP contribution is 2.46. The monoisotopic (exact) mass is 657 g/mol. The van der Waals surface area contributed by atoms with Crippen LogP contribution in [0.3, 0.4) is 0 Å². The number of halogens is 2. The van der Waals surface area contributed by atoms with Gasteiger partial charge < -0.3 is 34.3 Å². The van der Waals surface area contributed by atoms with E-state index in [1.165, 1.54) is 7.11 Å². The predicted molar refractivity (Wildman–Crippen MR) is 150 cm³/mol. The van der Waals surface area contributed by atoms with E-state index in [9.17, 15) is 24.9 Å². The van der Waals surface area contributed by atoms with Crippen LogP contribution in [0.1, 0.15) is 26.9 Å². The number of carbonyl (C=O) groups excluding carboxylic acids is 2. The molecule has 7 rings (SSSR count). The van der Waals surface area contributed by atoms with Gasteiger partial charge in [0.05, 0.1) is 34.3 Å². The smallest absolute Gasteiger partial charge is 0.259 e. The van der Waals surface area contributed by atoms with Crippen LogP contribution < -0.4 is 5.32 Å². The van der Waals surface area contributed by atoms with Crippen molar-refractivity contribution in [1.29, 1.82) is 0 Å². The van der Waals surface area contributed by atoms with E-state index in [-0.39, 0.29) is 11.1 Å². The summed E-state index contributed by atoms with van der Waals surface area (Å²) in [4.78, 5) is 30.0. The lowest BCUT2D eigenvalue weighted by molar-refractivity contribution is -0.255. The highest BCUT2D eigenvalue weighted by molar-refractivity contribution is 9.10. The molecule has 1 fully saturated rings. The summed E-state index contributed by atoms with van der Waals surface area (Å²) in [6.07, 6.45) is -5.87. The van der Waals surface area contributed by atoms with E-state index < -0.39 is 49.1 Å². The molecule has 200 valence electrons. The van der Waals surface area contributed by atoms with Gasteiger partial charge in [-0.2, -0.15) is 0 Å². The van der Waals surface area contributed by atoms with E-state index in [0.717, 1.165) is 19.8 Å². The number of hydrogen-bond acceptors (Lipinski definition) is 7. The number of aliphatic hydroxyl groups is 3. The molecule has 4 heterocycles. The van der Waals surface area contributed by atoms with E-state index in [4.69, 9.17) is 9.47 Å². The Hall–Kier alpha value is -2.84. The fourth-order valence-electron chi connectivity index (χ4n) is 6.16. The first kappa shape index (κ1) is 25.1. The second kappa shape index (κ2) is 8.83. The third kappa shape index (κ3) is 3.37. The molecule has 5 aromatic rings. The average molecular weight is 659 g/mol. The van der Waals surface area contributed by atoms with Crippen molar-refractivity contribution in [3.8, 4) is 0 Å². The Morgan fingerprint density at radius 2 is 1.64 bits per heavy atom. The van der Waals surface area contributed by atoms with Gasteiger partial charge in [0.25, 0.3) is 11.8 Å². The predicted octanol–water partition coefficient (Wildman–Crippen LogP) is 3.46. The van der Waals surface area contributed by atoms with E-state index in [1.807, 2.05) is 36.4 Å². The summed E-state index contributed by atoms with van der Waals surface area (Å²) in [6.45, 7) is -0.455. The van der Waals surface area contributed by atoms with Crippen LogP contribution in [0.5, 0.6) is 0 Å². The molecule has 3 aromatic carbocycles. The highest BCUT2D eigenvalue weighted by atomic mass is 79.9. The van der Waals surface area contributed by atoms with Gasteiger partial charge in [-0.25, -0.2) is 0 Å². The van der Waals surface area contributed by atoms with Crippen LogP contribution in [0, 0.1) is 0 Å². The largest absolute Gasteiger partial charge is 0.394 e. The van der Waals surface area contributed by atoms with Crippen molar-refractivity contribution in [3.05, 3.63) is 56.5 Å². The van der Waals surface area contributed by atoms with Gasteiger partial charge in [0.2, 0.25) is 0 Å². The molecule has 2 amide bonds. The van der Waals surface area contributed by atoms with E-state index in [0.29, 0.717) is 32.7 Å². The summed E-state index contributed by atoms with van der Waals surface area (Å²) in [7, 11) is 1.37. The summed E-state index contributed by atoms with van der Waals surface area (Å²) in [5.41, 5.74) is 2.91. The Morgan fingerprint density at radius 3 is 2.33 bits per heavy atom. The molecule has 2 aliphatic rings. The van der Waals surface area contributed by atoms with Crippen molar-refractivity contribution < 1.29 is 34.4 Å². The summed E-state index contributed by atoms with van der Waals surface area (Å²) in [5.74, 6) is -1.02. The van der Waals surface area contributed by atoms with Crippen LogP contribution in [0.4, 0.5) is 0 Å². The summed E-state index contributed by atoms with van der Waals surface area (Å²) in [6, 6.07) is 11.1. The number of aliphatic hydroxyl groups excluding tert-OH is 3. The van der Waals surface area contributed by atoms with E-state index >= 15 is 0 Å². The van der Waals surface area contributed by atoms with Crippen molar-refractivity contribution in [3.63, 3.8) is 0 Å². The van der Waals surface area contributed by atoms with E-state index in [2.05, 4.69) is 42.2 Å². The zero-order chi connectivity index (χ0) is 27.3. The van der Waals surface area contributed by atoms with Gasteiger partial charge in [0.1, 0.15) is 24.4 Å². The number of aromatic amines is 1. The van der Waals surface area contributed by atoms with Crippen LogP contribution in [0.15, 0.2) is 45.3 Å². The number of nitrogens with zero attached hydrogens (tertiary/aromatic N) is 1. The SMILES string of the molecule is CO[C@H]1[C@H](O)[C@@H](O)[C@H](n2c3ccc(Br)cc3c3c4c(c5c6cc(Br)ccc6[nH]c5c32)C(=O)NC4=O)O[C@@H]1CO. The topological polar surface area (TPSA) is 146 Å². The number of fused-ring (bicyclic) bond motifs is 10. The number of rotatable bonds is 3. The molecule has 39 heavy (non-hydrogen) atoms. The lowest BCUT2D eigenvalue weighted by Gasteiger charge is -2.42. The second-order valence-electron chi connectivity index (χ2n) is 9.78. The fourth-order valence-corrected chi connectivity index (χ4v) is 6.88. The Morgan fingerprint density at radius 1 is 0.974 bits per heavy atom. The molecule has 10 nitrogen and oxygen atoms in total. The van der Waals surface area contributed by atoms with Crippen LogP contribution in [-0.4, -0.2) is 74.8 Å². The Labute approximate surface area is 236 Å². The number of carbonyl (C=O) groups is 2. The molecule has 5 N–H and O–H groups in total. The molecular weight excluding hydrogens is 638 g/mol. The lowest BCUT2D eigenvalue weighted by Crippen LogP contribution is -2.57. The minimum atomic E-state index is -1.45. The van der Waals surface area contributed by atoms with Gasteiger partial charge in [0.15, 0.2) is 6.23 Å². The van der Waals surface area contributed by atoms with Crippen molar-refractivity contribution in [2.45, 2.75) is 30.6 Å². The van der Waals surface area contributed by atoms with E-state index in [1.54, 1.807) is 4.57 Å². The summed E-state index contributed by atoms with van der Waals surface area (Å²) < 4.78 is 14.8. The normalized spacial score (nSPS) is 25.3. The van der Waals surface area contributed by atoms with Crippen molar-refractivity contribution in [2.24, 2.45) is 0 Å².